The molecule has 1 atom stereocenters. The number of rotatable bonds is 2. The molecule has 1 aliphatic heterocycles. The van der Waals surface area contributed by atoms with Gasteiger partial charge in [0.15, 0.2) is 0 Å². The fourth-order valence-corrected chi connectivity index (χ4v) is 1.03. The van der Waals surface area contributed by atoms with Crippen LogP contribution in [0.25, 0.3) is 0 Å². The van der Waals surface area contributed by atoms with Crippen molar-refractivity contribution in [2.24, 2.45) is 0 Å². The topological polar surface area (TPSA) is 35.5 Å². The van der Waals surface area contributed by atoms with Crippen molar-refractivity contribution in [1.82, 2.24) is 0 Å². The van der Waals surface area contributed by atoms with Crippen LogP contribution in [0.5, 0.6) is 0 Å². The van der Waals surface area contributed by atoms with Gasteiger partial charge in [-0.2, -0.15) is 0 Å². The summed E-state index contributed by atoms with van der Waals surface area (Å²) in [6.45, 7) is 6.21. The molecule has 1 unspecified atom stereocenters. The monoisotopic (exact) mass is 216 g/mol. The molecule has 4 heteroatoms. The molecule has 0 aromatic carbocycles. The molecule has 1 saturated heterocycles. The molecule has 0 spiro atoms. The van der Waals surface area contributed by atoms with E-state index < -0.39 is 6.16 Å². The minimum absolute atomic E-state index is 0.0486. The Labute approximate surface area is 89.2 Å². The maximum absolute atomic E-state index is 10.0. The van der Waals surface area contributed by atoms with E-state index in [0.717, 1.165) is 0 Å². The van der Waals surface area contributed by atoms with E-state index in [9.17, 15) is 4.79 Å². The SMILES string of the molecule is CC1COC(=O)O1.CC=CSC=CC. The molecule has 0 radical (unpaired) electrons. The van der Waals surface area contributed by atoms with Crippen LogP contribution in [0.4, 0.5) is 4.79 Å². The molecule has 80 valence electrons. The number of thioether (sulfide) groups is 1. The Morgan fingerprint density at radius 2 is 1.93 bits per heavy atom. The summed E-state index contributed by atoms with van der Waals surface area (Å²) in [5.41, 5.74) is 0. The standard InChI is InChI=1S/C6H10S.C4H6O3/c1-3-5-7-6-4-2;1-3-2-6-4(5)7-3/h3-6H,1-2H3;3H,2H2,1H3. The van der Waals surface area contributed by atoms with Crippen LogP contribution in [-0.4, -0.2) is 18.9 Å². The lowest BCUT2D eigenvalue weighted by Gasteiger charge is -1.90. The van der Waals surface area contributed by atoms with Gasteiger partial charge in [0.1, 0.15) is 12.7 Å². The Morgan fingerprint density at radius 3 is 2.14 bits per heavy atom. The number of carbonyl (C=O) groups excluding carboxylic acids is 1. The minimum atomic E-state index is -0.549. The Bertz CT molecular complexity index is 201. The third-order valence-corrected chi connectivity index (χ3v) is 2.02. The highest BCUT2D eigenvalue weighted by atomic mass is 32.2. The highest BCUT2D eigenvalue weighted by molar-refractivity contribution is 8.04. The molecular weight excluding hydrogens is 200 g/mol. The molecule has 1 rings (SSSR count). The quantitative estimate of drug-likeness (QED) is 0.663. The highest BCUT2D eigenvalue weighted by Gasteiger charge is 2.19. The van der Waals surface area contributed by atoms with Gasteiger partial charge in [-0.1, -0.05) is 12.2 Å². The van der Waals surface area contributed by atoms with E-state index in [4.69, 9.17) is 0 Å². The summed E-state index contributed by atoms with van der Waals surface area (Å²) in [5, 5.41) is 4.08. The van der Waals surface area contributed by atoms with Gasteiger partial charge in [-0.05, 0) is 31.6 Å². The molecule has 14 heavy (non-hydrogen) atoms. The predicted octanol–water partition coefficient (Wildman–Crippen LogP) is 3.33. The first-order chi connectivity index (χ1) is 6.70. The van der Waals surface area contributed by atoms with Crippen molar-refractivity contribution in [1.29, 1.82) is 0 Å². The second-order valence-electron chi connectivity index (χ2n) is 2.56. The number of allylic oxidation sites excluding steroid dienone is 2. The zero-order valence-electron chi connectivity index (χ0n) is 8.73. The normalized spacial score (nSPS) is 20.5. The van der Waals surface area contributed by atoms with Gasteiger partial charge in [0.05, 0.1) is 0 Å². The van der Waals surface area contributed by atoms with E-state index in [0.29, 0.717) is 6.61 Å². The van der Waals surface area contributed by atoms with E-state index in [1.54, 1.807) is 18.7 Å². The van der Waals surface area contributed by atoms with Crippen molar-refractivity contribution in [2.45, 2.75) is 26.9 Å². The summed E-state index contributed by atoms with van der Waals surface area (Å²) in [5.74, 6) is 0. The van der Waals surface area contributed by atoms with Gasteiger partial charge in [0, 0.05) is 0 Å². The first-order valence-electron chi connectivity index (χ1n) is 4.42. The maximum atomic E-state index is 10.0. The highest BCUT2D eigenvalue weighted by Crippen LogP contribution is 2.03. The van der Waals surface area contributed by atoms with E-state index >= 15 is 0 Å². The van der Waals surface area contributed by atoms with Gasteiger partial charge >= 0.3 is 6.16 Å². The van der Waals surface area contributed by atoms with Gasteiger partial charge in [-0.15, -0.1) is 11.8 Å². The van der Waals surface area contributed by atoms with Crippen molar-refractivity contribution in [3.05, 3.63) is 23.0 Å². The molecule has 0 aliphatic carbocycles. The lowest BCUT2D eigenvalue weighted by atomic mass is 10.5. The van der Waals surface area contributed by atoms with Crippen LogP contribution < -0.4 is 0 Å². The molecule has 0 bridgehead atoms. The van der Waals surface area contributed by atoms with Crippen LogP contribution in [0.1, 0.15) is 20.8 Å². The van der Waals surface area contributed by atoms with Crippen molar-refractivity contribution < 1.29 is 14.3 Å². The molecule has 0 aromatic rings. The average Bonchev–Trinajstić information content (AvgIpc) is 2.52. The summed E-state index contributed by atoms with van der Waals surface area (Å²) >= 11 is 1.69. The average molecular weight is 216 g/mol. The molecule has 1 aliphatic rings. The van der Waals surface area contributed by atoms with E-state index in [-0.39, 0.29) is 6.10 Å². The van der Waals surface area contributed by atoms with Crippen LogP contribution in [0.3, 0.4) is 0 Å². The fraction of sp³-hybridized carbons (Fsp3) is 0.500. The Morgan fingerprint density at radius 1 is 1.36 bits per heavy atom. The van der Waals surface area contributed by atoms with Gasteiger partial charge in [-0.25, -0.2) is 4.79 Å². The molecule has 0 aromatic heterocycles. The minimum Gasteiger partial charge on any atom is -0.430 e. The van der Waals surface area contributed by atoms with Crippen LogP contribution in [0, 0.1) is 0 Å². The first kappa shape index (κ1) is 13.1. The van der Waals surface area contributed by atoms with Crippen molar-refractivity contribution >= 4 is 17.9 Å². The summed E-state index contributed by atoms with van der Waals surface area (Å²) in [7, 11) is 0. The number of ether oxygens (including phenoxy) is 2. The van der Waals surface area contributed by atoms with Crippen LogP contribution in [0.2, 0.25) is 0 Å². The third-order valence-electron chi connectivity index (χ3n) is 1.16. The van der Waals surface area contributed by atoms with Gasteiger partial charge in [-0.3, -0.25) is 0 Å². The van der Waals surface area contributed by atoms with Crippen molar-refractivity contribution in [3.63, 3.8) is 0 Å². The molecule has 1 fully saturated rings. The zero-order valence-corrected chi connectivity index (χ0v) is 9.54. The first-order valence-corrected chi connectivity index (χ1v) is 5.36. The lowest BCUT2D eigenvalue weighted by Crippen LogP contribution is -2.01. The largest absolute Gasteiger partial charge is 0.508 e. The third kappa shape index (κ3) is 7.73. The van der Waals surface area contributed by atoms with Crippen LogP contribution in [-0.2, 0) is 9.47 Å². The Hall–Kier alpha value is -0.900. The van der Waals surface area contributed by atoms with E-state index in [2.05, 4.69) is 9.47 Å². The predicted molar refractivity (Wildman–Crippen MR) is 59.1 cm³/mol. The second-order valence-corrected chi connectivity index (χ2v) is 3.38. The molecule has 0 saturated carbocycles. The van der Waals surface area contributed by atoms with E-state index in [1.165, 1.54) is 0 Å². The summed E-state index contributed by atoms with van der Waals surface area (Å²) in [6.07, 6.45) is 3.44. The van der Waals surface area contributed by atoms with Crippen molar-refractivity contribution in [3.8, 4) is 0 Å². The van der Waals surface area contributed by atoms with Crippen LogP contribution in [0.15, 0.2) is 23.0 Å². The van der Waals surface area contributed by atoms with Gasteiger partial charge < -0.3 is 9.47 Å². The summed E-state index contributed by atoms with van der Waals surface area (Å²) < 4.78 is 8.90. The Balaban J connectivity index is 0.000000241. The molecule has 1 heterocycles. The smallest absolute Gasteiger partial charge is 0.430 e. The summed E-state index contributed by atoms with van der Waals surface area (Å²) in [6, 6.07) is 0. The second kappa shape index (κ2) is 8.69. The Kier molecular flexibility index (Phi) is 8.13. The number of carbonyl (C=O) groups is 1. The molecule has 0 amide bonds. The number of hydrogen-bond acceptors (Lipinski definition) is 4. The van der Waals surface area contributed by atoms with Crippen molar-refractivity contribution in [2.75, 3.05) is 6.61 Å². The van der Waals surface area contributed by atoms with Gasteiger partial charge in [0.25, 0.3) is 0 Å². The molecular formula is C10H16O3S. The lowest BCUT2D eigenvalue weighted by molar-refractivity contribution is 0.121. The maximum Gasteiger partial charge on any atom is 0.508 e. The summed E-state index contributed by atoms with van der Waals surface area (Å²) in [4.78, 5) is 10.0. The molecule has 0 N–H and O–H groups in total. The van der Waals surface area contributed by atoms with Crippen LogP contribution >= 0.6 is 11.8 Å². The zero-order chi connectivity index (χ0) is 10.8. The fourth-order valence-electron chi connectivity index (χ4n) is 0.620. The molecule has 3 nitrogen and oxygen atoms in total. The number of cyclic esters (lactones) is 2. The number of hydrogen-bond donors (Lipinski definition) is 0. The van der Waals surface area contributed by atoms with Gasteiger partial charge in [0.2, 0.25) is 0 Å². The van der Waals surface area contributed by atoms with E-state index in [1.807, 2.05) is 36.8 Å².